The summed E-state index contributed by atoms with van der Waals surface area (Å²) in [6.07, 6.45) is 6.08. The first kappa shape index (κ1) is 15.2. The van der Waals surface area contributed by atoms with Gasteiger partial charge in [-0.05, 0) is 38.4 Å². The number of hydrogen-bond acceptors (Lipinski definition) is 4. The number of anilines is 1. The standard InChI is InChI=1S/C13H22N4O2S/c1-11-6-7-15-10-13(11)16-20(18,19)17-8-4-3-5-12(17)9-14-2/h6-7,10,12,14,16H,3-5,8-9H2,1-2H3. The van der Waals surface area contributed by atoms with Gasteiger partial charge in [0.2, 0.25) is 0 Å². The monoisotopic (exact) mass is 298 g/mol. The van der Waals surface area contributed by atoms with Gasteiger partial charge in [0, 0.05) is 25.3 Å². The summed E-state index contributed by atoms with van der Waals surface area (Å²) in [5.74, 6) is 0. The molecule has 1 unspecified atom stereocenters. The van der Waals surface area contributed by atoms with Crippen LogP contribution >= 0.6 is 0 Å². The summed E-state index contributed by atoms with van der Waals surface area (Å²) in [4.78, 5) is 3.97. The summed E-state index contributed by atoms with van der Waals surface area (Å²) in [7, 11) is -1.68. The van der Waals surface area contributed by atoms with Crippen molar-refractivity contribution >= 4 is 15.9 Å². The number of rotatable bonds is 5. The highest BCUT2D eigenvalue weighted by molar-refractivity contribution is 7.90. The maximum Gasteiger partial charge on any atom is 0.301 e. The maximum atomic E-state index is 12.6. The molecule has 1 aliphatic heterocycles. The first-order valence-corrected chi connectivity index (χ1v) is 8.33. The molecule has 0 aromatic carbocycles. The molecule has 7 heteroatoms. The second-order valence-corrected chi connectivity index (χ2v) is 6.74. The fourth-order valence-corrected chi connectivity index (χ4v) is 4.05. The van der Waals surface area contributed by atoms with Crippen molar-refractivity contribution in [3.05, 3.63) is 24.0 Å². The zero-order valence-corrected chi connectivity index (χ0v) is 12.8. The molecule has 1 saturated heterocycles. The molecular weight excluding hydrogens is 276 g/mol. The van der Waals surface area contributed by atoms with Crippen molar-refractivity contribution < 1.29 is 8.42 Å². The number of hydrogen-bond donors (Lipinski definition) is 2. The van der Waals surface area contributed by atoms with Gasteiger partial charge < -0.3 is 5.32 Å². The van der Waals surface area contributed by atoms with Crippen molar-refractivity contribution in [1.82, 2.24) is 14.6 Å². The molecule has 0 saturated carbocycles. The molecule has 1 atom stereocenters. The molecule has 0 aliphatic carbocycles. The van der Waals surface area contributed by atoms with Gasteiger partial charge in [-0.3, -0.25) is 9.71 Å². The topological polar surface area (TPSA) is 74.3 Å². The highest BCUT2D eigenvalue weighted by Gasteiger charge is 2.32. The number of piperidine rings is 1. The SMILES string of the molecule is CNCC1CCCCN1S(=O)(=O)Nc1cnccc1C. The highest BCUT2D eigenvalue weighted by atomic mass is 32.2. The minimum Gasteiger partial charge on any atom is -0.318 e. The van der Waals surface area contributed by atoms with Crippen LogP contribution in [0.5, 0.6) is 0 Å². The van der Waals surface area contributed by atoms with E-state index in [0.29, 0.717) is 18.8 Å². The maximum absolute atomic E-state index is 12.6. The zero-order chi connectivity index (χ0) is 14.6. The quantitative estimate of drug-likeness (QED) is 0.854. The van der Waals surface area contributed by atoms with E-state index in [0.717, 1.165) is 24.8 Å². The van der Waals surface area contributed by atoms with Gasteiger partial charge in [0.25, 0.3) is 0 Å². The molecule has 2 heterocycles. The largest absolute Gasteiger partial charge is 0.318 e. The minimum absolute atomic E-state index is 0.0169. The van der Waals surface area contributed by atoms with E-state index >= 15 is 0 Å². The zero-order valence-electron chi connectivity index (χ0n) is 12.0. The van der Waals surface area contributed by atoms with Gasteiger partial charge in [-0.25, -0.2) is 0 Å². The highest BCUT2D eigenvalue weighted by Crippen LogP contribution is 2.22. The van der Waals surface area contributed by atoms with Crippen LogP contribution in [0.3, 0.4) is 0 Å². The molecule has 2 rings (SSSR count). The van der Waals surface area contributed by atoms with E-state index in [-0.39, 0.29) is 6.04 Å². The fraction of sp³-hybridized carbons (Fsp3) is 0.615. The number of nitrogens with zero attached hydrogens (tertiary/aromatic N) is 2. The molecule has 1 aromatic rings. The third-order valence-electron chi connectivity index (χ3n) is 3.60. The Bertz CT molecular complexity index is 545. The lowest BCUT2D eigenvalue weighted by Crippen LogP contribution is -2.50. The van der Waals surface area contributed by atoms with Crippen LogP contribution in [-0.4, -0.2) is 43.9 Å². The lowest BCUT2D eigenvalue weighted by atomic mass is 10.1. The number of aromatic nitrogens is 1. The molecule has 0 radical (unpaired) electrons. The van der Waals surface area contributed by atoms with Crippen LogP contribution < -0.4 is 10.0 Å². The van der Waals surface area contributed by atoms with Crippen LogP contribution in [0.4, 0.5) is 5.69 Å². The predicted octanol–water partition coefficient (Wildman–Crippen LogP) is 1.12. The summed E-state index contributed by atoms with van der Waals surface area (Å²) in [5, 5.41) is 3.07. The van der Waals surface area contributed by atoms with Crippen molar-refractivity contribution in [3.8, 4) is 0 Å². The van der Waals surface area contributed by atoms with Crippen molar-refractivity contribution in [3.63, 3.8) is 0 Å². The molecule has 112 valence electrons. The molecule has 1 aromatic heterocycles. The second kappa shape index (κ2) is 6.51. The van der Waals surface area contributed by atoms with E-state index < -0.39 is 10.2 Å². The van der Waals surface area contributed by atoms with Gasteiger partial charge in [0.1, 0.15) is 0 Å². The Balaban J connectivity index is 2.18. The molecule has 0 amide bonds. The molecule has 0 bridgehead atoms. The van der Waals surface area contributed by atoms with Gasteiger partial charge in [0.05, 0.1) is 11.9 Å². The van der Waals surface area contributed by atoms with Crippen LogP contribution in [0, 0.1) is 6.92 Å². The summed E-state index contributed by atoms with van der Waals surface area (Å²) in [6.45, 7) is 3.11. The number of nitrogens with one attached hydrogen (secondary N) is 2. The van der Waals surface area contributed by atoms with Gasteiger partial charge in [-0.2, -0.15) is 12.7 Å². The summed E-state index contributed by atoms with van der Waals surface area (Å²) < 4.78 is 29.3. The lowest BCUT2D eigenvalue weighted by molar-refractivity contribution is 0.250. The van der Waals surface area contributed by atoms with Crippen molar-refractivity contribution in [1.29, 1.82) is 0 Å². The second-order valence-electron chi connectivity index (χ2n) is 5.12. The third-order valence-corrected chi connectivity index (χ3v) is 5.18. The van der Waals surface area contributed by atoms with Gasteiger partial charge in [-0.15, -0.1) is 0 Å². The number of aryl methyl sites for hydroxylation is 1. The first-order valence-electron chi connectivity index (χ1n) is 6.89. The van der Waals surface area contributed by atoms with E-state index in [1.165, 1.54) is 0 Å². The molecular formula is C13H22N4O2S. The Kier molecular flexibility index (Phi) is 4.95. The Labute approximate surface area is 120 Å². The average molecular weight is 298 g/mol. The summed E-state index contributed by atoms with van der Waals surface area (Å²) in [6, 6.07) is 1.81. The van der Waals surface area contributed by atoms with Gasteiger partial charge >= 0.3 is 10.2 Å². The molecule has 0 spiro atoms. The smallest absolute Gasteiger partial charge is 0.301 e. The molecule has 20 heavy (non-hydrogen) atoms. The normalized spacial score (nSPS) is 20.8. The van der Waals surface area contributed by atoms with E-state index in [1.807, 2.05) is 14.0 Å². The molecule has 2 N–H and O–H groups in total. The fourth-order valence-electron chi connectivity index (χ4n) is 2.50. The van der Waals surface area contributed by atoms with Crippen molar-refractivity contribution in [2.75, 3.05) is 24.9 Å². The molecule has 1 fully saturated rings. The van der Waals surface area contributed by atoms with Crippen LogP contribution in [0.25, 0.3) is 0 Å². The predicted molar refractivity (Wildman–Crippen MR) is 79.8 cm³/mol. The van der Waals surface area contributed by atoms with E-state index in [1.54, 1.807) is 22.8 Å². The van der Waals surface area contributed by atoms with E-state index in [4.69, 9.17) is 0 Å². The summed E-state index contributed by atoms with van der Waals surface area (Å²) in [5.41, 5.74) is 1.41. The van der Waals surface area contributed by atoms with Gasteiger partial charge in [-0.1, -0.05) is 6.42 Å². The molecule has 6 nitrogen and oxygen atoms in total. The van der Waals surface area contributed by atoms with Crippen molar-refractivity contribution in [2.45, 2.75) is 32.2 Å². The van der Waals surface area contributed by atoms with Crippen molar-refractivity contribution in [2.24, 2.45) is 0 Å². The van der Waals surface area contributed by atoms with E-state index in [2.05, 4.69) is 15.0 Å². The lowest BCUT2D eigenvalue weighted by Gasteiger charge is -2.34. The van der Waals surface area contributed by atoms with Gasteiger partial charge in [0.15, 0.2) is 0 Å². The van der Waals surface area contributed by atoms with Crippen LogP contribution in [0.1, 0.15) is 24.8 Å². The third kappa shape index (κ3) is 3.47. The van der Waals surface area contributed by atoms with Crippen LogP contribution in [0.15, 0.2) is 18.5 Å². The Morgan fingerprint density at radius 1 is 1.45 bits per heavy atom. The molecule has 1 aliphatic rings. The van der Waals surface area contributed by atoms with Crippen LogP contribution in [0.2, 0.25) is 0 Å². The van der Waals surface area contributed by atoms with E-state index in [9.17, 15) is 8.42 Å². The number of likely N-dealkylation sites (N-methyl/N-ethyl adjacent to an activating group) is 1. The Morgan fingerprint density at radius 3 is 2.95 bits per heavy atom. The average Bonchev–Trinajstić information content (AvgIpc) is 2.42. The number of pyridine rings is 1. The first-order chi connectivity index (χ1) is 9.54. The van der Waals surface area contributed by atoms with Crippen LogP contribution in [-0.2, 0) is 10.2 Å². The minimum atomic E-state index is -3.53. The summed E-state index contributed by atoms with van der Waals surface area (Å²) >= 11 is 0. The Hall–Kier alpha value is -1.18. The Morgan fingerprint density at radius 2 is 2.25 bits per heavy atom.